The molecule has 0 radical (unpaired) electrons. The van der Waals surface area contributed by atoms with Crippen LogP contribution in [0.1, 0.15) is 19.3 Å². The van der Waals surface area contributed by atoms with Crippen molar-refractivity contribution in [2.45, 2.75) is 37.3 Å². The Labute approximate surface area is 215 Å². The maximum absolute atomic E-state index is 12.1. The topological polar surface area (TPSA) is 44.8 Å². The van der Waals surface area contributed by atoms with Crippen LogP contribution < -0.4 is 15.9 Å². The zero-order valence-corrected chi connectivity index (χ0v) is 21.6. The van der Waals surface area contributed by atoms with E-state index in [-0.39, 0.29) is 30.4 Å². The molecule has 198 valence electrons. The summed E-state index contributed by atoms with van der Waals surface area (Å²) in [7, 11) is -5.05. The van der Waals surface area contributed by atoms with Crippen LogP contribution in [-0.2, 0) is 19.0 Å². The predicted octanol–water partition coefficient (Wildman–Crippen LogP) is 5.36. The second-order valence-electron chi connectivity index (χ2n) is 8.55. The van der Waals surface area contributed by atoms with Crippen molar-refractivity contribution in [2.75, 3.05) is 14.2 Å². The van der Waals surface area contributed by atoms with Gasteiger partial charge in [-0.3, -0.25) is 4.79 Å². The van der Waals surface area contributed by atoms with E-state index >= 15 is 0 Å². The Balaban J connectivity index is 0.000000695. The Kier molecular flexibility index (Phi) is 10.3. The van der Waals surface area contributed by atoms with Gasteiger partial charge in [-0.25, -0.2) is 0 Å². The van der Waals surface area contributed by atoms with Crippen molar-refractivity contribution >= 4 is 36.4 Å². The van der Waals surface area contributed by atoms with Crippen LogP contribution in [-0.4, -0.2) is 45.5 Å². The van der Waals surface area contributed by atoms with E-state index in [9.17, 15) is 22.1 Å². The van der Waals surface area contributed by atoms with Crippen molar-refractivity contribution in [3.8, 4) is 0 Å². The SMILES string of the molecule is COC(=O)C[C@@H]1C[C@H](OC)C[C@H]([P+](c2ccccc2)(c2ccccc2)c2ccccc2)O1.F[B-](F)(F)F. The monoisotopic (exact) mass is 536 g/mol. The number of carbonyl (C=O) groups is 1. The van der Waals surface area contributed by atoms with Crippen molar-refractivity contribution in [1.82, 2.24) is 0 Å². The molecule has 3 atom stereocenters. The predicted molar refractivity (Wildman–Crippen MR) is 141 cm³/mol. The van der Waals surface area contributed by atoms with E-state index in [1.54, 1.807) is 7.11 Å². The van der Waals surface area contributed by atoms with Gasteiger partial charge in [-0.05, 0) is 36.4 Å². The van der Waals surface area contributed by atoms with Crippen LogP contribution in [0.3, 0.4) is 0 Å². The molecule has 0 unspecified atom stereocenters. The smallest absolute Gasteiger partial charge is 0.469 e. The molecule has 10 heteroatoms. The summed E-state index contributed by atoms with van der Waals surface area (Å²) in [5, 5.41) is 3.78. The number of halogens is 4. The van der Waals surface area contributed by atoms with E-state index in [0.717, 1.165) is 6.42 Å². The van der Waals surface area contributed by atoms with Gasteiger partial charge >= 0.3 is 13.2 Å². The van der Waals surface area contributed by atoms with Crippen LogP contribution in [0.2, 0.25) is 0 Å². The van der Waals surface area contributed by atoms with Crippen molar-refractivity contribution in [1.29, 1.82) is 0 Å². The summed E-state index contributed by atoms with van der Waals surface area (Å²) in [5.41, 5.74) is 0. The van der Waals surface area contributed by atoms with E-state index in [1.807, 2.05) is 18.2 Å². The lowest BCUT2D eigenvalue weighted by atomic mass is 10.0. The first-order valence-corrected chi connectivity index (χ1v) is 13.7. The van der Waals surface area contributed by atoms with Crippen molar-refractivity contribution in [2.24, 2.45) is 0 Å². The molecule has 0 aromatic heterocycles. The average molecular weight is 536 g/mol. The first-order valence-electron chi connectivity index (χ1n) is 11.9. The molecule has 0 saturated carbocycles. The zero-order chi connectivity index (χ0) is 26.9. The van der Waals surface area contributed by atoms with Crippen LogP contribution in [0.4, 0.5) is 17.3 Å². The molecule has 0 N–H and O–H groups in total. The van der Waals surface area contributed by atoms with Gasteiger partial charge in [-0.15, -0.1) is 0 Å². The van der Waals surface area contributed by atoms with E-state index in [1.165, 1.54) is 23.0 Å². The molecule has 1 heterocycles. The van der Waals surface area contributed by atoms with Gasteiger partial charge in [0.2, 0.25) is 0 Å². The lowest BCUT2D eigenvalue weighted by Gasteiger charge is -2.41. The van der Waals surface area contributed by atoms with Crippen LogP contribution in [0.25, 0.3) is 0 Å². The minimum Gasteiger partial charge on any atom is -0.469 e. The second-order valence-corrected chi connectivity index (χ2v) is 12.1. The lowest BCUT2D eigenvalue weighted by molar-refractivity contribution is -0.147. The summed E-state index contributed by atoms with van der Waals surface area (Å²) in [6.45, 7) is 0. The van der Waals surface area contributed by atoms with Crippen LogP contribution in [0, 0.1) is 0 Å². The summed E-state index contributed by atoms with van der Waals surface area (Å²) in [6.07, 6.45) is 1.44. The Morgan fingerprint density at radius 1 is 0.811 bits per heavy atom. The molecule has 0 aliphatic carbocycles. The number of esters is 1. The molecule has 1 aliphatic rings. The third-order valence-electron chi connectivity index (χ3n) is 6.22. The van der Waals surface area contributed by atoms with Crippen LogP contribution in [0.15, 0.2) is 91.0 Å². The van der Waals surface area contributed by atoms with E-state index in [4.69, 9.17) is 14.2 Å². The Morgan fingerprint density at radius 2 is 1.22 bits per heavy atom. The molecule has 1 aliphatic heterocycles. The molecule has 1 saturated heterocycles. The fourth-order valence-corrected chi connectivity index (χ4v) is 9.45. The highest BCUT2D eigenvalue weighted by Crippen LogP contribution is 2.62. The molecule has 3 aromatic carbocycles. The summed E-state index contributed by atoms with van der Waals surface area (Å²) >= 11 is 0. The number of hydrogen-bond acceptors (Lipinski definition) is 4. The molecular weight excluding hydrogens is 506 g/mol. The van der Waals surface area contributed by atoms with Gasteiger partial charge < -0.3 is 31.5 Å². The molecule has 0 amide bonds. The number of benzene rings is 3. The molecule has 3 aromatic rings. The Hall–Kier alpha value is -2.74. The lowest BCUT2D eigenvalue weighted by Crippen LogP contribution is -2.47. The van der Waals surface area contributed by atoms with Crippen LogP contribution in [0.5, 0.6) is 0 Å². The number of hydrogen-bond donors (Lipinski definition) is 0. The third-order valence-corrected chi connectivity index (χ3v) is 10.8. The van der Waals surface area contributed by atoms with Crippen LogP contribution >= 0.6 is 7.26 Å². The van der Waals surface area contributed by atoms with Gasteiger partial charge in [0.15, 0.2) is 5.85 Å². The summed E-state index contributed by atoms with van der Waals surface area (Å²) < 4.78 is 56.6. The van der Waals surface area contributed by atoms with E-state index in [2.05, 4.69) is 72.8 Å². The minimum atomic E-state index is -6.00. The quantitative estimate of drug-likeness (QED) is 0.177. The fraction of sp³-hybridized carbons (Fsp3) is 0.296. The van der Waals surface area contributed by atoms with Gasteiger partial charge in [0.1, 0.15) is 23.2 Å². The Bertz CT molecular complexity index is 1000. The highest BCUT2D eigenvalue weighted by Gasteiger charge is 2.56. The molecule has 1 fully saturated rings. The third kappa shape index (κ3) is 7.63. The Morgan fingerprint density at radius 3 is 1.57 bits per heavy atom. The fourth-order valence-electron chi connectivity index (χ4n) is 4.73. The standard InChI is InChI=1S/C27H30O4P.BF4/c1-29-21-18-22(19-26(28)30-2)31-27(20-21)32(23-12-6-3-7-13-23,24-14-8-4-9-15-24)25-16-10-5-11-17-25;2-1(3,4)5/h3-17,21-22,27H,18-20H2,1-2H3;/q+1;-1/t21-,22-,27-;/m0./s1. The van der Waals surface area contributed by atoms with Crippen molar-refractivity contribution in [3.63, 3.8) is 0 Å². The number of ether oxygens (including phenoxy) is 3. The highest BCUT2D eigenvalue weighted by atomic mass is 31.2. The second kappa shape index (κ2) is 13.2. The summed E-state index contributed by atoms with van der Waals surface area (Å²) in [4.78, 5) is 12.1. The maximum Gasteiger partial charge on any atom is 0.673 e. The summed E-state index contributed by atoms with van der Waals surface area (Å²) in [6, 6.07) is 32.0. The van der Waals surface area contributed by atoms with E-state index in [0.29, 0.717) is 6.42 Å². The van der Waals surface area contributed by atoms with Gasteiger partial charge in [0.05, 0.1) is 25.7 Å². The zero-order valence-electron chi connectivity index (χ0n) is 20.7. The molecule has 37 heavy (non-hydrogen) atoms. The number of carbonyl (C=O) groups excluding carboxylic acids is 1. The first kappa shape index (κ1) is 28.8. The maximum atomic E-state index is 12.1. The minimum absolute atomic E-state index is 0.0129. The average Bonchev–Trinajstić information content (AvgIpc) is 2.90. The molecule has 4 rings (SSSR count). The largest absolute Gasteiger partial charge is 0.673 e. The van der Waals surface area contributed by atoms with E-state index < -0.39 is 14.5 Å². The van der Waals surface area contributed by atoms with Gasteiger partial charge in [0.25, 0.3) is 0 Å². The first-order chi connectivity index (χ1) is 17.7. The van der Waals surface area contributed by atoms with Gasteiger partial charge in [0, 0.05) is 20.0 Å². The molecular formula is C27H30BF4O4P. The number of rotatable bonds is 7. The van der Waals surface area contributed by atoms with Gasteiger partial charge in [-0.1, -0.05) is 54.6 Å². The summed E-state index contributed by atoms with van der Waals surface area (Å²) in [5.74, 6) is -0.378. The molecule has 0 bridgehead atoms. The highest BCUT2D eigenvalue weighted by molar-refractivity contribution is 7.96. The molecule has 4 nitrogen and oxygen atoms in total. The number of methoxy groups -OCH3 is 2. The van der Waals surface area contributed by atoms with Gasteiger partial charge in [-0.2, -0.15) is 0 Å². The normalized spacial score (nSPS) is 19.9. The van der Waals surface area contributed by atoms with Crippen molar-refractivity contribution in [3.05, 3.63) is 91.0 Å². The van der Waals surface area contributed by atoms with Crippen molar-refractivity contribution < 1.29 is 36.3 Å². The molecule has 0 spiro atoms.